The predicted octanol–water partition coefficient (Wildman–Crippen LogP) is 19.8. The highest BCUT2D eigenvalue weighted by Crippen LogP contribution is 2.18. The molecule has 0 saturated heterocycles. The molecule has 0 aromatic carbocycles. The molecule has 0 bridgehead atoms. The van der Waals surface area contributed by atoms with E-state index in [0.29, 0.717) is 19.4 Å². The molecule has 0 radical (unpaired) electrons. The van der Waals surface area contributed by atoms with Crippen molar-refractivity contribution < 1.29 is 24.5 Å². The van der Waals surface area contributed by atoms with Gasteiger partial charge in [0, 0.05) is 12.8 Å². The molecule has 0 aliphatic heterocycles. The highest BCUT2D eigenvalue weighted by atomic mass is 16.5. The Balaban J connectivity index is 3.40. The van der Waals surface area contributed by atoms with Crippen LogP contribution in [0.1, 0.15) is 348 Å². The quantitative estimate of drug-likeness (QED) is 0.0321. The highest BCUT2D eigenvalue weighted by Gasteiger charge is 2.18. The maximum atomic E-state index is 12.5. The van der Waals surface area contributed by atoms with Gasteiger partial charge in [-0.2, -0.15) is 0 Å². The summed E-state index contributed by atoms with van der Waals surface area (Å²) in [6, 6.07) is -0.627. The fourth-order valence-electron chi connectivity index (χ4n) is 9.87. The normalized spacial score (nSPS) is 12.7. The number of hydrogen-bond acceptors (Lipinski definition) is 5. The SMILES string of the molecule is CCCCCC/C=C\CCCCCCCC(=O)OCCCCCCCCCCCCCCCCCCCCCCCCCC(=O)NC(CO)C(O)/C=C/CCCCCCCCCCCCCCCCC. The zero-order valence-electron chi connectivity index (χ0n) is 47.3. The monoisotopic (exact) mass is 986 g/mol. The molecule has 3 N–H and O–H groups in total. The van der Waals surface area contributed by atoms with E-state index in [0.717, 1.165) is 44.9 Å². The number of carbonyl (C=O) groups excluding carboxylic acids is 2. The summed E-state index contributed by atoms with van der Waals surface area (Å²) in [5, 5.41) is 23.2. The topological polar surface area (TPSA) is 95.9 Å². The summed E-state index contributed by atoms with van der Waals surface area (Å²) in [5.74, 6) is -0.0601. The molecule has 0 aliphatic carbocycles. The summed E-state index contributed by atoms with van der Waals surface area (Å²) in [6.45, 7) is 4.91. The summed E-state index contributed by atoms with van der Waals surface area (Å²) in [4.78, 5) is 24.5. The third-order valence-corrected chi connectivity index (χ3v) is 14.7. The van der Waals surface area contributed by atoms with Crippen LogP contribution in [0.5, 0.6) is 0 Å². The smallest absolute Gasteiger partial charge is 0.305 e. The Morgan fingerprint density at radius 2 is 0.671 bits per heavy atom. The van der Waals surface area contributed by atoms with E-state index < -0.39 is 12.1 Å². The van der Waals surface area contributed by atoms with E-state index in [4.69, 9.17) is 4.74 Å². The van der Waals surface area contributed by atoms with Gasteiger partial charge in [0.25, 0.3) is 0 Å². The van der Waals surface area contributed by atoms with Crippen molar-refractivity contribution in [1.82, 2.24) is 5.32 Å². The lowest BCUT2D eigenvalue weighted by Crippen LogP contribution is -2.45. The summed E-state index contributed by atoms with van der Waals surface area (Å²) in [6.07, 6.45) is 73.6. The minimum atomic E-state index is -0.844. The van der Waals surface area contributed by atoms with Gasteiger partial charge in [0.2, 0.25) is 5.91 Å². The number of ether oxygens (including phenoxy) is 1. The molecule has 70 heavy (non-hydrogen) atoms. The number of unbranched alkanes of at least 4 members (excludes halogenated alkanes) is 46. The molecule has 1 amide bonds. The highest BCUT2D eigenvalue weighted by molar-refractivity contribution is 5.76. The van der Waals surface area contributed by atoms with Gasteiger partial charge in [0.05, 0.1) is 25.4 Å². The first-order valence-corrected chi connectivity index (χ1v) is 31.6. The fourth-order valence-corrected chi connectivity index (χ4v) is 9.87. The molecule has 414 valence electrons. The average molecular weight is 987 g/mol. The van der Waals surface area contributed by atoms with Crippen LogP contribution in [-0.4, -0.2) is 47.4 Å². The summed E-state index contributed by atoms with van der Waals surface area (Å²) in [7, 11) is 0. The first-order valence-electron chi connectivity index (χ1n) is 31.6. The molecule has 0 heterocycles. The maximum absolute atomic E-state index is 12.5. The molecular formula is C64H123NO5. The molecule has 0 spiro atoms. The van der Waals surface area contributed by atoms with Crippen molar-refractivity contribution in [3.05, 3.63) is 24.3 Å². The number of hydrogen-bond donors (Lipinski definition) is 3. The van der Waals surface area contributed by atoms with Crippen molar-refractivity contribution in [3.63, 3.8) is 0 Å². The van der Waals surface area contributed by atoms with Crippen LogP contribution in [-0.2, 0) is 14.3 Å². The fraction of sp³-hybridized carbons (Fsp3) is 0.906. The number of allylic oxidation sites excluding steroid dienone is 3. The number of aliphatic hydroxyl groups is 2. The van der Waals surface area contributed by atoms with Crippen LogP contribution < -0.4 is 5.32 Å². The van der Waals surface area contributed by atoms with Crippen LogP contribution in [0.15, 0.2) is 24.3 Å². The molecule has 2 atom stereocenters. The number of esters is 1. The van der Waals surface area contributed by atoms with Crippen LogP contribution in [0.25, 0.3) is 0 Å². The van der Waals surface area contributed by atoms with E-state index in [1.165, 1.54) is 276 Å². The Bertz CT molecular complexity index is 1090. The van der Waals surface area contributed by atoms with Crippen LogP contribution in [0.3, 0.4) is 0 Å². The number of aliphatic hydroxyl groups excluding tert-OH is 2. The standard InChI is InChI=1S/C64H123NO5/c1-3-5-7-9-11-13-15-17-18-26-29-33-36-40-44-48-52-56-62(67)61(60-66)65-63(68)57-53-49-45-41-37-34-30-27-24-22-20-19-21-23-25-28-31-35-39-43-47-51-55-59-70-64(69)58-54-50-46-42-38-32-16-14-12-10-8-6-4-2/h14,16,52,56,61-62,66-67H,3-13,15,17-51,53-55,57-60H2,1-2H3,(H,65,68)/b16-14-,56-52+. The van der Waals surface area contributed by atoms with Gasteiger partial charge in [-0.05, 0) is 57.8 Å². The molecule has 0 aromatic rings. The Morgan fingerprint density at radius 3 is 1.03 bits per heavy atom. The number of amides is 1. The van der Waals surface area contributed by atoms with E-state index in [2.05, 4.69) is 31.3 Å². The van der Waals surface area contributed by atoms with Gasteiger partial charge in [0.1, 0.15) is 0 Å². The first kappa shape index (κ1) is 68.3. The van der Waals surface area contributed by atoms with E-state index in [1.807, 2.05) is 6.08 Å². The van der Waals surface area contributed by atoms with Crippen LogP contribution in [0, 0.1) is 0 Å². The lowest BCUT2D eigenvalue weighted by Gasteiger charge is -2.20. The van der Waals surface area contributed by atoms with Gasteiger partial charge in [-0.15, -0.1) is 0 Å². The molecule has 2 unspecified atom stereocenters. The second kappa shape index (κ2) is 59.9. The molecule has 0 aliphatic rings. The minimum absolute atomic E-state index is 0.00497. The van der Waals surface area contributed by atoms with Crippen molar-refractivity contribution in [3.8, 4) is 0 Å². The molecule has 0 saturated carbocycles. The maximum Gasteiger partial charge on any atom is 0.305 e. The van der Waals surface area contributed by atoms with Gasteiger partial charge in [-0.1, -0.05) is 301 Å². The molecule has 6 heteroatoms. The van der Waals surface area contributed by atoms with E-state index >= 15 is 0 Å². The van der Waals surface area contributed by atoms with Crippen molar-refractivity contribution in [2.45, 2.75) is 360 Å². The largest absolute Gasteiger partial charge is 0.466 e. The average Bonchev–Trinajstić information content (AvgIpc) is 3.36. The second-order valence-electron chi connectivity index (χ2n) is 21.7. The second-order valence-corrected chi connectivity index (χ2v) is 21.7. The van der Waals surface area contributed by atoms with E-state index in [9.17, 15) is 19.8 Å². The minimum Gasteiger partial charge on any atom is -0.466 e. The Labute approximate surface area is 437 Å². The predicted molar refractivity (Wildman–Crippen MR) is 306 cm³/mol. The first-order chi connectivity index (χ1) is 34.5. The number of rotatable bonds is 59. The third-order valence-electron chi connectivity index (χ3n) is 14.7. The van der Waals surface area contributed by atoms with Crippen LogP contribution in [0.2, 0.25) is 0 Å². The lowest BCUT2D eigenvalue weighted by atomic mass is 10.0. The zero-order valence-corrected chi connectivity index (χ0v) is 47.3. The van der Waals surface area contributed by atoms with Gasteiger partial charge < -0.3 is 20.3 Å². The number of nitrogens with one attached hydrogen (secondary N) is 1. The summed E-state index contributed by atoms with van der Waals surface area (Å²) < 4.78 is 5.47. The van der Waals surface area contributed by atoms with E-state index in [-0.39, 0.29) is 18.5 Å². The van der Waals surface area contributed by atoms with Gasteiger partial charge in [0.15, 0.2) is 0 Å². The van der Waals surface area contributed by atoms with Crippen molar-refractivity contribution >= 4 is 11.9 Å². The van der Waals surface area contributed by atoms with Crippen LogP contribution >= 0.6 is 0 Å². The van der Waals surface area contributed by atoms with Gasteiger partial charge in [-0.25, -0.2) is 0 Å². The summed E-state index contributed by atoms with van der Waals surface area (Å²) in [5.41, 5.74) is 0. The van der Waals surface area contributed by atoms with Gasteiger partial charge in [-0.3, -0.25) is 9.59 Å². The summed E-state index contributed by atoms with van der Waals surface area (Å²) >= 11 is 0. The Kier molecular flexibility index (Phi) is 58.5. The molecule has 0 rings (SSSR count). The molecule has 0 fully saturated rings. The lowest BCUT2D eigenvalue weighted by molar-refractivity contribution is -0.143. The molecule has 6 nitrogen and oxygen atoms in total. The van der Waals surface area contributed by atoms with Crippen molar-refractivity contribution in [2.75, 3.05) is 13.2 Å². The zero-order chi connectivity index (χ0) is 50.7. The van der Waals surface area contributed by atoms with Crippen molar-refractivity contribution in [2.24, 2.45) is 0 Å². The Hall–Kier alpha value is -1.66. The molecule has 0 aromatic heterocycles. The molecular weight excluding hydrogens is 863 g/mol. The Morgan fingerprint density at radius 1 is 0.386 bits per heavy atom. The van der Waals surface area contributed by atoms with Crippen molar-refractivity contribution in [1.29, 1.82) is 0 Å². The van der Waals surface area contributed by atoms with E-state index in [1.54, 1.807) is 6.08 Å². The third kappa shape index (κ3) is 55.7. The van der Waals surface area contributed by atoms with Crippen LogP contribution in [0.4, 0.5) is 0 Å². The van der Waals surface area contributed by atoms with Gasteiger partial charge >= 0.3 is 5.97 Å². The number of carbonyl (C=O) groups is 2.